The zero-order chi connectivity index (χ0) is 12.0. The van der Waals surface area contributed by atoms with Gasteiger partial charge in [-0.3, -0.25) is 4.79 Å². The molecule has 3 rings (SSSR count). The minimum absolute atomic E-state index is 0.102. The predicted octanol–water partition coefficient (Wildman–Crippen LogP) is 1.89. The van der Waals surface area contributed by atoms with Crippen LogP contribution in [-0.4, -0.2) is 31.7 Å². The molecular weight excluding hydrogens is 282 g/mol. The number of imidazole rings is 1. The van der Waals surface area contributed by atoms with E-state index < -0.39 is 0 Å². The van der Waals surface area contributed by atoms with E-state index in [2.05, 4.69) is 25.5 Å². The number of carbonyl (C=O) groups is 1. The topological polar surface area (TPSA) is 38.1 Å². The van der Waals surface area contributed by atoms with Gasteiger partial charge in [-0.1, -0.05) is 15.9 Å². The van der Waals surface area contributed by atoms with Gasteiger partial charge in [0.25, 0.3) is 0 Å². The molecule has 17 heavy (non-hydrogen) atoms. The Morgan fingerprint density at radius 1 is 1.59 bits per heavy atom. The number of nitrogens with zero attached hydrogens (tertiary/aromatic N) is 3. The molecule has 1 amide bonds. The minimum Gasteiger partial charge on any atom is -0.335 e. The van der Waals surface area contributed by atoms with E-state index in [4.69, 9.17) is 0 Å². The third-order valence-electron chi connectivity index (χ3n) is 3.53. The van der Waals surface area contributed by atoms with Crippen molar-refractivity contribution in [1.29, 1.82) is 0 Å². The number of fused-ring (bicyclic) bond motifs is 1. The van der Waals surface area contributed by atoms with Gasteiger partial charge in [-0.25, -0.2) is 4.98 Å². The lowest BCUT2D eigenvalue weighted by Gasteiger charge is -2.28. The maximum absolute atomic E-state index is 11.9. The normalized spacial score (nSPS) is 21.2. The van der Waals surface area contributed by atoms with Crippen molar-refractivity contribution in [2.24, 2.45) is 0 Å². The van der Waals surface area contributed by atoms with Crippen LogP contribution in [-0.2, 0) is 17.8 Å². The van der Waals surface area contributed by atoms with Crippen LogP contribution in [0.3, 0.4) is 0 Å². The highest BCUT2D eigenvalue weighted by molar-refractivity contribution is 9.10. The third kappa shape index (κ3) is 2.01. The molecule has 92 valence electrons. The maximum Gasteiger partial charge on any atom is 0.236 e. The Morgan fingerprint density at radius 2 is 2.35 bits per heavy atom. The maximum atomic E-state index is 11.9. The summed E-state index contributed by atoms with van der Waals surface area (Å²) < 4.78 is 2.31. The summed E-state index contributed by atoms with van der Waals surface area (Å²) >= 11 is 3.34. The van der Waals surface area contributed by atoms with Crippen LogP contribution < -0.4 is 0 Å². The van der Waals surface area contributed by atoms with E-state index in [1.807, 2.05) is 18.2 Å². The summed E-state index contributed by atoms with van der Waals surface area (Å²) in [5, 5.41) is 0. The van der Waals surface area contributed by atoms with E-state index in [0.29, 0.717) is 12.6 Å². The Hall–Kier alpha value is -0.840. The van der Waals surface area contributed by atoms with E-state index in [1.54, 1.807) is 0 Å². The van der Waals surface area contributed by atoms with Crippen molar-refractivity contribution in [3.8, 4) is 0 Å². The Balaban J connectivity index is 1.79. The number of hydrogen-bond donors (Lipinski definition) is 0. The van der Waals surface area contributed by atoms with Gasteiger partial charge in [0.15, 0.2) is 0 Å². The summed E-state index contributed by atoms with van der Waals surface area (Å²) in [6.45, 7) is 3.37. The molecule has 1 fully saturated rings. The molecule has 1 aromatic rings. The fourth-order valence-corrected chi connectivity index (χ4v) is 2.73. The second kappa shape index (κ2) is 4.12. The molecular formula is C12H16BrN3O. The van der Waals surface area contributed by atoms with Gasteiger partial charge in [0.05, 0.1) is 23.4 Å². The molecule has 0 saturated heterocycles. The van der Waals surface area contributed by atoms with E-state index in [1.165, 1.54) is 18.5 Å². The summed E-state index contributed by atoms with van der Waals surface area (Å²) in [7, 11) is 0. The van der Waals surface area contributed by atoms with Crippen molar-refractivity contribution in [2.75, 3.05) is 6.54 Å². The molecule has 0 aromatic carbocycles. The van der Waals surface area contributed by atoms with Crippen molar-refractivity contribution in [3.05, 3.63) is 17.7 Å². The minimum atomic E-state index is -0.102. The van der Waals surface area contributed by atoms with Crippen molar-refractivity contribution in [2.45, 2.75) is 43.6 Å². The molecule has 1 aliphatic carbocycles. The Labute approximate surface area is 109 Å². The van der Waals surface area contributed by atoms with Gasteiger partial charge in [-0.05, 0) is 19.8 Å². The van der Waals surface area contributed by atoms with Gasteiger partial charge in [-0.15, -0.1) is 0 Å². The third-order valence-corrected chi connectivity index (χ3v) is 3.93. The summed E-state index contributed by atoms with van der Waals surface area (Å²) in [4.78, 5) is 18.2. The Bertz CT molecular complexity index is 451. The lowest BCUT2D eigenvalue weighted by Crippen LogP contribution is -2.39. The molecule has 2 aliphatic rings. The SMILES string of the molecule is CC(Br)C(=O)N1CCc2c(ncn2C2CC2)C1. The number of aromatic nitrogens is 2. The van der Waals surface area contributed by atoms with Crippen LogP contribution in [0.4, 0.5) is 0 Å². The monoisotopic (exact) mass is 297 g/mol. The first-order valence-electron chi connectivity index (χ1n) is 6.14. The van der Waals surface area contributed by atoms with Crippen LogP contribution in [0.2, 0.25) is 0 Å². The smallest absolute Gasteiger partial charge is 0.236 e. The Morgan fingerprint density at radius 3 is 3.00 bits per heavy atom. The van der Waals surface area contributed by atoms with Crippen LogP contribution in [0.15, 0.2) is 6.33 Å². The van der Waals surface area contributed by atoms with Crippen LogP contribution in [0, 0.1) is 0 Å². The highest BCUT2D eigenvalue weighted by Crippen LogP contribution is 2.37. The fraction of sp³-hybridized carbons (Fsp3) is 0.667. The molecule has 1 saturated carbocycles. The molecule has 0 bridgehead atoms. The second-order valence-electron chi connectivity index (χ2n) is 4.90. The quantitative estimate of drug-likeness (QED) is 0.782. The van der Waals surface area contributed by atoms with E-state index >= 15 is 0 Å². The first-order valence-corrected chi connectivity index (χ1v) is 7.06. The summed E-state index contributed by atoms with van der Waals surface area (Å²) in [6, 6.07) is 0.684. The zero-order valence-electron chi connectivity index (χ0n) is 9.90. The van der Waals surface area contributed by atoms with E-state index in [0.717, 1.165) is 18.7 Å². The number of alkyl halides is 1. The molecule has 1 aromatic heterocycles. The average molecular weight is 298 g/mol. The number of halogens is 1. The van der Waals surface area contributed by atoms with Crippen LogP contribution in [0.5, 0.6) is 0 Å². The summed E-state index contributed by atoms with van der Waals surface area (Å²) in [5.41, 5.74) is 2.43. The highest BCUT2D eigenvalue weighted by atomic mass is 79.9. The van der Waals surface area contributed by atoms with Gasteiger partial charge in [0.1, 0.15) is 0 Å². The first-order chi connectivity index (χ1) is 8.16. The lowest BCUT2D eigenvalue weighted by molar-refractivity contribution is -0.131. The van der Waals surface area contributed by atoms with Gasteiger partial charge in [0.2, 0.25) is 5.91 Å². The van der Waals surface area contributed by atoms with E-state index in [9.17, 15) is 4.79 Å². The van der Waals surface area contributed by atoms with Crippen LogP contribution in [0.1, 0.15) is 37.2 Å². The first kappa shape index (κ1) is 11.3. The van der Waals surface area contributed by atoms with Gasteiger partial charge in [-0.2, -0.15) is 0 Å². The summed E-state index contributed by atoms with van der Waals surface area (Å²) in [5.74, 6) is 0.164. The predicted molar refractivity (Wildman–Crippen MR) is 68.0 cm³/mol. The van der Waals surface area contributed by atoms with Gasteiger partial charge >= 0.3 is 0 Å². The molecule has 0 spiro atoms. The van der Waals surface area contributed by atoms with Gasteiger partial charge in [0, 0.05) is 24.7 Å². The van der Waals surface area contributed by atoms with Crippen molar-refractivity contribution in [3.63, 3.8) is 0 Å². The van der Waals surface area contributed by atoms with Crippen LogP contribution >= 0.6 is 15.9 Å². The molecule has 1 aliphatic heterocycles. The Kier molecular flexibility index (Phi) is 2.73. The molecule has 5 heteroatoms. The molecule has 0 N–H and O–H groups in total. The molecule has 1 unspecified atom stereocenters. The average Bonchev–Trinajstić information content (AvgIpc) is 3.07. The van der Waals surface area contributed by atoms with Crippen molar-refractivity contribution in [1.82, 2.24) is 14.5 Å². The zero-order valence-corrected chi connectivity index (χ0v) is 11.5. The van der Waals surface area contributed by atoms with Crippen LogP contribution in [0.25, 0.3) is 0 Å². The standard InChI is InChI=1S/C12H16BrN3O/c1-8(13)12(17)15-5-4-11-10(6-15)14-7-16(11)9-2-3-9/h7-9H,2-6H2,1H3. The number of rotatable bonds is 2. The second-order valence-corrected chi connectivity index (χ2v) is 6.28. The summed E-state index contributed by atoms with van der Waals surface area (Å²) in [6.07, 6.45) is 5.46. The molecule has 2 heterocycles. The van der Waals surface area contributed by atoms with Gasteiger partial charge < -0.3 is 9.47 Å². The molecule has 1 atom stereocenters. The molecule has 0 radical (unpaired) electrons. The molecule has 4 nitrogen and oxygen atoms in total. The van der Waals surface area contributed by atoms with E-state index in [-0.39, 0.29) is 10.7 Å². The van der Waals surface area contributed by atoms with Crippen molar-refractivity contribution < 1.29 is 4.79 Å². The fourth-order valence-electron chi connectivity index (χ4n) is 2.44. The number of carbonyl (C=O) groups excluding carboxylic acids is 1. The highest BCUT2D eigenvalue weighted by Gasteiger charge is 2.31. The number of hydrogen-bond acceptors (Lipinski definition) is 2. The largest absolute Gasteiger partial charge is 0.335 e. The number of amides is 1. The lowest BCUT2D eigenvalue weighted by atomic mass is 10.1. The van der Waals surface area contributed by atoms with Crippen molar-refractivity contribution >= 4 is 21.8 Å².